The zero-order chi connectivity index (χ0) is 11.5. The van der Waals surface area contributed by atoms with Crippen molar-refractivity contribution in [1.29, 1.82) is 0 Å². The van der Waals surface area contributed by atoms with Crippen LogP contribution in [0.3, 0.4) is 0 Å². The first-order valence-corrected chi connectivity index (χ1v) is 5.77. The molecule has 3 heteroatoms. The predicted octanol–water partition coefficient (Wildman–Crippen LogP) is 2.89. The molecule has 0 radical (unpaired) electrons. The van der Waals surface area contributed by atoms with Gasteiger partial charge in [-0.1, -0.05) is 13.0 Å². The Kier molecular flexibility index (Phi) is 3.44. The van der Waals surface area contributed by atoms with Gasteiger partial charge in [-0.05, 0) is 43.0 Å². The van der Waals surface area contributed by atoms with Gasteiger partial charge in [-0.15, -0.1) is 0 Å². The third-order valence-corrected chi connectivity index (χ3v) is 3.24. The van der Waals surface area contributed by atoms with Crippen LogP contribution in [0, 0.1) is 11.7 Å². The lowest BCUT2D eigenvalue weighted by Crippen LogP contribution is -2.31. The van der Waals surface area contributed by atoms with Gasteiger partial charge in [0.25, 0.3) is 0 Å². The van der Waals surface area contributed by atoms with Gasteiger partial charge in [-0.2, -0.15) is 0 Å². The first-order chi connectivity index (χ1) is 7.70. The standard InChI is InChI=1S/C13H18FNO/c1-9-3-6-12(15-8-9)10-4-5-11(14)13(7-10)16-2/h4-5,7,9,12,15H,3,6,8H2,1-2H3/t9?,12-/m0/s1. The second kappa shape index (κ2) is 4.83. The highest BCUT2D eigenvalue weighted by Gasteiger charge is 2.19. The van der Waals surface area contributed by atoms with Crippen LogP contribution in [0.25, 0.3) is 0 Å². The Morgan fingerprint density at radius 2 is 2.19 bits per heavy atom. The largest absolute Gasteiger partial charge is 0.494 e. The van der Waals surface area contributed by atoms with E-state index in [1.54, 1.807) is 6.07 Å². The highest BCUT2D eigenvalue weighted by molar-refractivity contribution is 5.32. The van der Waals surface area contributed by atoms with Gasteiger partial charge < -0.3 is 10.1 Å². The number of hydrogen-bond acceptors (Lipinski definition) is 2. The van der Waals surface area contributed by atoms with E-state index in [9.17, 15) is 4.39 Å². The normalized spacial score (nSPS) is 25.4. The van der Waals surface area contributed by atoms with Gasteiger partial charge in [-0.25, -0.2) is 4.39 Å². The summed E-state index contributed by atoms with van der Waals surface area (Å²) < 4.78 is 18.2. The summed E-state index contributed by atoms with van der Waals surface area (Å²) in [5, 5.41) is 3.48. The van der Waals surface area contributed by atoms with Crippen LogP contribution in [-0.2, 0) is 0 Å². The van der Waals surface area contributed by atoms with E-state index in [-0.39, 0.29) is 5.82 Å². The summed E-state index contributed by atoms with van der Waals surface area (Å²) in [6.45, 7) is 3.28. The number of hydrogen-bond donors (Lipinski definition) is 1. The van der Waals surface area contributed by atoms with Crippen molar-refractivity contribution in [2.75, 3.05) is 13.7 Å². The molecule has 88 valence electrons. The van der Waals surface area contributed by atoms with E-state index in [1.165, 1.54) is 19.6 Å². The fraction of sp³-hybridized carbons (Fsp3) is 0.538. The molecule has 1 aliphatic heterocycles. The van der Waals surface area contributed by atoms with Crippen molar-refractivity contribution in [1.82, 2.24) is 5.32 Å². The Labute approximate surface area is 95.8 Å². The van der Waals surface area contributed by atoms with Crippen LogP contribution in [0.15, 0.2) is 18.2 Å². The fourth-order valence-corrected chi connectivity index (χ4v) is 2.18. The van der Waals surface area contributed by atoms with Crippen molar-refractivity contribution in [3.05, 3.63) is 29.6 Å². The minimum Gasteiger partial charge on any atom is -0.494 e. The molecule has 1 aromatic rings. The average molecular weight is 223 g/mol. The summed E-state index contributed by atoms with van der Waals surface area (Å²) in [6, 6.07) is 5.45. The van der Waals surface area contributed by atoms with E-state index in [1.807, 2.05) is 6.07 Å². The molecule has 0 aromatic heterocycles. The van der Waals surface area contributed by atoms with Crippen LogP contribution < -0.4 is 10.1 Å². The molecular formula is C13H18FNO. The summed E-state index contributed by atoms with van der Waals surface area (Å²) in [7, 11) is 1.50. The molecule has 2 rings (SSSR count). The van der Waals surface area contributed by atoms with Gasteiger partial charge in [0.05, 0.1) is 7.11 Å². The van der Waals surface area contributed by atoms with Gasteiger partial charge in [-0.3, -0.25) is 0 Å². The van der Waals surface area contributed by atoms with Crippen LogP contribution >= 0.6 is 0 Å². The van der Waals surface area contributed by atoms with Crippen molar-refractivity contribution < 1.29 is 9.13 Å². The molecule has 2 atom stereocenters. The van der Waals surface area contributed by atoms with Crippen molar-refractivity contribution in [2.24, 2.45) is 5.92 Å². The molecule has 1 unspecified atom stereocenters. The quantitative estimate of drug-likeness (QED) is 0.832. The van der Waals surface area contributed by atoms with E-state index < -0.39 is 0 Å². The van der Waals surface area contributed by atoms with Crippen LogP contribution in [0.5, 0.6) is 5.75 Å². The van der Waals surface area contributed by atoms with Crippen LogP contribution in [-0.4, -0.2) is 13.7 Å². The Morgan fingerprint density at radius 1 is 1.38 bits per heavy atom. The maximum Gasteiger partial charge on any atom is 0.165 e. The third kappa shape index (κ3) is 2.35. The molecule has 1 heterocycles. The fourth-order valence-electron chi connectivity index (χ4n) is 2.18. The van der Waals surface area contributed by atoms with Crippen molar-refractivity contribution in [2.45, 2.75) is 25.8 Å². The number of rotatable bonds is 2. The molecule has 0 saturated carbocycles. The molecule has 0 aliphatic carbocycles. The first kappa shape index (κ1) is 11.4. The number of nitrogens with one attached hydrogen (secondary N) is 1. The number of piperidine rings is 1. The summed E-state index contributed by atoms with van der Waals surface area (Å²) >= 11 is 0. The number of methoxy groups -OCH3 is 1. The molecule has 1 aromatic carbocycles. The highest BCUT2D eigenvalue weighted by atomic mass is 19.1. The van der Waals surface area contributed by atoms with Crippen LogP contribution in [0.2, 0.25) is 0 Å². The Bertz CT molecular complexity index is 359. The zero-order valence-corrected chi connectivity index (χ0v) is 9.79. The van der Waals surface area contributed by atoms with Gasteiger partial charge in [0.1, 0.15) is 0 Å². The van der Waals surface area contributed by atoms with Gasteiger partial charge >= 0.3 is 0 Å². The first-order valence-electron chi connectivity index (χ1n) is 5.77. The zero-order valence-electron chi connectivity index (χ0n) is 9.79. The Hall–Kier alpha value is -1.09. The molecule has 1 fully saturated rings. The summed E-state index contributed by atoms with van der Waals surface area (Å²) in [4.78, 5) is 0. The van der Waals surface area contributed by atoms with E-state index >= 15 is 0 Å². The van der Waals surface area contributed by atoms with Crippen LogP contribution in [0.4, 0.5) is 4.39 Å². The summed E-state index contributed by atoms with van der Waals surface area (Å²) in [5.41, 5.74) is 1.12. The van der Waals surface area contributed by atoms with Gasteiger partial charge in [0.15, 0.2) is 11.6 Å². The van der Waals surface area contributed by atoms with Gasteiger partial charge in [0, 0.05) is 6.04 Å². The Balaban J connectivity index is 2.14. The smallest absolute Gasteiger partial charge is 0.165 e. The van der Waals surface area contributed by atoms with E-state index in [0.717, 1.165) is 24.4 Å². The molecule has 0 amide bonds. The van der Waals surface area contributed by atoms with Crippen LogP contribution in [0.1, 0.15) is 31.4 Å². The molecular weight excluding hydrogens is 205 g/mol. The minimum atomic E-state index is -0.296. The van der Waals surface area contributed by atoms with E-state index in [0.29, 0.717) is 11.8 Å². The monoisotopic (exact) mass is 223 g/mol. The van der Waals surface area contributed by atoms with Crippen molar-refractivity contribution in [3.8, 4) is 5.75 Å². The number of ether oxygens (including phenoxy) is 1. The maximum atomic E-state index is 13.3. The lowest BCUT2D eigenvalue weighted by Gasteiger charge is -2.28. The molecule has 1 aliphatic rings. The SMILES string of the molecule is COc1cc([C@@H]2CCC(C)CN2)ccc1F. The predicted molar refractivity (Wildman–Crippen MR) is 62.1 cm³/mol. The number of halogens is 1. The molecule has 0 bridgehead atoms. The number of benzene rings is 1. The molecule has 1 saturated heterocycles. The third-order valence-electron chi connectivity index (χ3n) is 3.24. The van der Waals surface area contributed by atoms with Crippen molar-refractivity contribution >= 4 is 0 Å². The maximum absolute atomic E-state index is 13.3. The Morgan fingerprint density at radius 3 is 2.81 bits per heavy atom. The summed E-state index contributed by atoms with van der Waals surface area (Å²) in [5.74, 6) is 0.770. The second-order valence-electron chi connectivity index (χ2n) is 4.54. The average Bonchev–Trinajstić information content (AvgIpc) is 2.31. The van der Waals surface area contributed by atoms with E-state index in [4.69, 9.17) is 4.74 Å². The van der Waals surface area contributed by atoms with E-state index in [2.05, 4.69) is 12.2 Å². The molecule has 2 nitrogen and oxygen atoms in total. The molecule has 16 heavy (non-hydrogen) atoms. The topological polar surface area (TPSA) is 21.3 Å². The van der Waals surface area contributed by atoms with Crippen molar-refractivity contribution in [3.63, 3.8) is 0 Å². The molecule has 0 spiro atoms. The minimum absolute atomic E-state index is 0.296. The summed E-state index contributed by atoms with van der Waals surface area (Å²) in [6.07, 6.45) is 2.33. The lowest BCUT2D eigenvalue weighted by molar-refractivity contribution is 0.330. The highest BCUT2D eigenvalue weighted by Crippen LogP contribution is 2.28. The van der Waals surface area contributed by atoms with Gasteiger partial charge in [0.2, 0.25) is 0 Å². The second-order valence-corrected chi connectivity index (χ2v) is 4.54. The molecule has 1 N–H and O–H groups in total. The lowest BCUT2D eigenvalue weighted by atomic mass is 9.92.